The molecule has 1 aromatic carbocycles. The van der Waals surface area contributed by atoms with E-state index in [9.17, 15) is 0 Å². The van der Waals surface area contributed by atoms with Gasteiger partial charge in [0.25, 0.3) is 0 Å². The molecule has 21 heavy (non-hydrogen) atoms. The largest absolute Gasteiger partial charge is 0.490 e. The average molecular weight is 287 g/mol. The Labute approximate surface area is 125 Å². The molecule has 0 saturated carbocycles. The van der Waals surface area contributed by atoms with Gasteiger partial charge in [0.05, 0.1) is 19.3 Å². The number of ether oxygens (including phenoxy) is 2. The van der Waals surface area contributed by atoms with E-state index in [2.05, 4.69) is 18.3 Å². The molecule has 1 aromatic heterocycles. The molecule has 0 amide bonds. The summed E-state index contributed by atoms with van der Waals surface area (Å²) in [6, 6.07) is 10.1. The minimum Gasteiger partial charge on any atom is -0.490 e. The standard InChI is InChI=1S/C17H21NO3/c1-3-18-17(15-7-5-12(2)21-15)13-6-8-14-16(11-13)20-10-4-9-19-14/h5-8,11,17-18H,3-4,9-10H2,1-2H3. The van der Waals surface area contributed by atoms with Crippen molar-refractivity contribution in [2.45, 2.75) is 26.3 Å². The van der Waals surface area contributed by atoms with E-state index in [4.69, 9.17) is 13.9 Å². The Morgan fingerprint density at radius 3 is 2.62 bits per heavy atom. The summed E-state index contributed by atoms with van der Waals surface area (Å²) in [4.78, 5) is 0. The zero-order valence-electron chi connectivity index (χ0n) is 12.5. The lowest BCUT2D eigenvalue weighted by Crippen LogP contribution is -2.21. The first-order valence-electron chi connectivity index (χ1n) is 7.47. The summed E-state index contributed by atoms with van der Waals surface area (Å²) in [5, 5.41) is 3.46. The number of furan rings is 1. The van der Waals surface area contributed by atoms with Gasteiger partial charge in [0.15, 0.2) is 11.5 Å². The highest BCUT2D eigenvalue weighted by Gasteiger charge is 2.19. The molecule has 112 valence electrons. The summed E-state index contributed by atoms with van der Waals surface area (Å²) >= 11 is 0. The van der Waals surface area contributed by atoms with Gasteiger partial charge in [-0.1, -0.05) is 13.0 Å². The zero-order chi connectivity index (χ0) is 14.7. The molecular formula is C17H21NO3. The Kier molecular flexibility index (Phi) is 4.15. The SMILES string of the molecule is CCNC(c1ccc2c(c1)OCCCO2)c1ccc(C)o1. The van der Waals surface area contributed by atoms with Gasteiger partial charge in [-0.3, -0.25) is 0 Å². The summed E-state index contributed by atoms with van der Waals surface area (Å²) in [6.45, 7) is 6.31. The van der Waals surface area contributed by atoms with Crippen molar-refractivity contribution >= 4 is 0 Å². The molecule has 2 heterocycles. The van der Waals surface area contributed by atoms with Crippen LogP contribution in [0.25, 0.3) is 0 Å². The highest BCUT2D eigenvalue weighted by molar-refractivity contribution is 5.45. The van der Waals surface area contributed by atoms with E-state index in [1.54, 1.807) is 0 Å². The number of fused-ring (bicyclic) bond motifs is 1. The van der Waals surface area contributed by atoms with Crippen molar-refractivity contribution < 1.29 is 13.9 Å². The number of hydrogen-bond donors (Lipinski definition) is 1. The molecule has 0 spiro atoms. The van der Waals surface area contributed by atoms with Crippen LogP contribution in [0.3, 0.4) is 0 Å². The van der Waals surface area contributed by atoms with Crippen LogP contribution in [0.4, 0.5) is 0 Å². The van der Waals surface area contributed by atoms with E-state index in [-0.39, 0.29) is 6.04 Å². The monoisotopic (exact) mass is 287 g/mol. The maximum atomic E-state index is 5.79. The van der Waals surface area contributed by atoms with Gasteiger partial charge >= 0.3 is 0 Å². The van der Waals surface area contributed by atoms with Crippen LogP contribution in [-0.2, 0) is 0 Å². The highest BCUT2D eigenvalue weighted by atomic mass is 16.5. The lowest BCUT2D eigenvalue weighted by Gasteiger charge is -2.18. The molecule has 1 aliphatic rings. The molecule has 4 heteroatoms. The number of nitrogens with one attached hydrogen (secondary N) is 1. The van der Waals surface area contributed by atoms with E-state index >= 15 is 0 Å². The zero-order valence-corrected chi connectivity index (χ0v) is 12.5. The Morgan fingerprint density at radius 1 is 1.10 bits per heavy atom. The molecule has 1 atom stereocenters. The maximum absolute atomic E-state index is 5.79. The van der Waals surface area contributed by atoms with Gasteiger partial charge in [-0.05, 0) is 43.3 Å². The number of benzene rings is 1. The number of hydrogen-bond acceptors (Lipinski definition) is 4. The van der Waals surface area contributed by atoms with Crippen LogP contribution in [0.2, 0.25) is 0 Å². The second kappa shape index (κ2) is 6.22. The van der Waals surface area contributed by atoms with Crippen molar-refractivity contribution in [3.8, 4) is 11.5 Å². The lowest BCUT2D eigenvalue weighted by atomic mass is 10.0. The molecule has 3 rings (SSSR count). The summed E-state index contributed by atoms with van der Waals surface area (Å²) < 4.78 is 17.2. The van der Waals surface area contributed by atoms with Gasteiger partial charge in [-0.15, -0.1) is 0 Å². The van der Waals surface area contributed by atoms with E-state index in [1.165, 1.54) is 0 Å². The Bertz CT molecular complexity index is 606. The third-order valence-corrected chi connectivity index (χ3v) is 3.56. The summed E-state index contributed by atoms with van der Waals surface area (Å²) in [5.74, 6) is 3.48. The molecule has 0 bridgehead atoms. The first-order valence-corrected chi connectivity index (χ1v) is 7.47. The summed E-state index contributed by atoms with van der Waals surface area (Å²) in [7, 11) is 0. The summed E-state index contributed by atoms with van der Waals surface area (Å²) in [5.41, 5.74) is 1.12. The van der Waals surface area contributed by atoms with Crippen molar-refractivity contribution in [1.29, 1.82) is 0 Å². The van der Waals surface area contributed by atoms with Gasteiger partial charge in [0, 0.05) is 6.42 Å². The Morgan fingerprint density at radius 2 is 1.90 bits per heavy atom. The van der Waals surface area contributed by atoms with Gasteiger partial charge < -0.3 is 19.2 Å². The molecular weight excluding hydrogens is 266 g/mol. The van der Waals surface area contributed by atoms with Crippen molar-refractivity contribution in [2.24, 2.45) is 0 Å². The molecule has 0 aliphatic carbocycles. The molecule has 4 nitrogen and oxygen atoms in total. The van der Waals surface area contributed by atoms with Gasteiger partial charge in [0.1, 0.15) is 11.5 Å². The quantitative estimate of drug-likeness (QED) is 0.935. The smallest absolute Gasteiger partial charge is 0.161 e. The second-order valence-electron chi connectivity index (χ2n) is 5.20. The highest BCUT2D eigenvalue weighted by Crippen LogP contribution is 2.34. The fourth-order valence-corrected chi connectivity index (χ4v) is 2.55. The van der Waals surface area contributed by atoms with Crippen LogP contribution in [0, 0.1) is 6.92 Å². The molecule has 1 unspecified atom stereocenters. The van der Waals surface area contributed by atoms with Crippen molar-refractivity contribution in [3.05, 3.63) is 47.4 Å². The van der Waals surface area contributed by atoms with Crippen LogP contribution in [0.1, 0.15) is 36.5 Å². The van der Waals surface area contributed by atoms with E-state index < -0.39 is 0 Å². The van der Waals surface area contributed by atoms with Crippen LogP contribution in [0.15, 0.2) is 34.7 Å². The fraction of sp³-hybridized carbons (Fsp3) is 0.412. The van der Waals surface area contributed by atoms with Crippen molar-refractivity contribution in [1.82, 2.24) is 5.32 Å². The predicted octanol–water partition coefficient (Wildman–Crippen LogP) is 3.45. The first kappa shape index (κ1) is 14.0. The molecule has 0 radical (unpaired) electrons. The van der Waals surface area contributed by atoms with Gasteiger partial charge in [0.2, 0.25) is 0 Å². The van der Waals surface area contributed by atoms with Crippen LogP contribution in [0.5, 0.6) is 11.5 Å². The van der Waals surface area contributed by atoms with E-state index in [1.807, 2.05) is 31.2 Å². The normalized spacial score (nSPS) is 15.5. The van der Waals surface area contributed by atoms with Crippen LogP contribution < -0.4 is 14.8 Å². The van der Waals surface area contributed by atoms with Crippen LogP contribution >= 0.6 is 0 Å². The molecule has 0 saturated heterocycles. The van der Waals surface area contributed by atoms with Crippen molar-refractivity contribution in [3.63, 3.8) is 0 Å². The predicted molar refractivity (Wildman–Crippen MR) is 81.0 cm³/mol. The van der Waals surface area contributed by atoms with Gasteiger partial charge in [-0.2, -0.15) is 0 Å². The lowest BCUT2D eigenvalue weighted by molar-refractivity contribution is 0.297. The Hall–Kier alpha value is -1.94. The second-order valence-corrected chi connectivity index (χ2v) is 5.20. The fourth-order valence-electron chi connectivity index (χ4n) is 2.55. The van der Waals surface area contributed by atoms with E-state index in [0.717, 1.165) is 41.5 Å². The third-order valence-electron chi connectivity index (χ3n) is 3.56. The Balaban J connectivity index is 1.94. The minimum atomic E-state index is 0.0286. The topological polar surface area (TPSA) is 43.6 Å². The molecule has 1 aliphatic heterocycles. The minimum absolute atomic E-state index is 0.0286. The number of rotatable bonds is 4. The molecule has 1 N–H and O–H groups in total. The summed E-state index contributed by atoms with van der Waals surface area (Å²) in [6.07, 6.45) is 0.915. The van der Waals surface area contributed by atoms with Crippen molar-refractivity contribution in [2.75, 3.05) is 19.8 Å². The number of aryl methyl sites for hydroxylation is 1. The van der Waals surface area contributed by atoms with Gasteiger partial charge in [-0.25, -0.2) is 0 Å². The van der Waals surface area contributed by atoms with E-state index in [0.29, 0.717) is 13.2 Å². The third kappa shape index (κ3) is 3.05. The average Bonchev–Trinajstić information content (AvgIpc) is 2.78. The first-order chi connectivity index (χ1) is 10.3. The molecule has 0 fully saturated rings. The molecule has 2 aromatic rings. The maximum Gasteiger partial charge on any atom is 0.161 e. The van der Waals surface area contributed by atoms with Crippen LogP contribution in [-0.4, -0.2) is 19.8 Å².